The maximum Gasteiger partial charge on any atom is 0.254 e. The molecule has 0 N–H and O–H groups in total. The van der Waals surface area contributed by atoms with Crippen LogP contribution >= 0.6 is 0 Å². The van der Waals surface area contributed by atoms with Gasteiger partial charge in [-0.2, -0.15) is 0 Å². The molecular formula is C24H40N2O3. The molecule has 0 saturated carbocycles. The minimum atomic E-state index is -0.933. The Kier molecular flexibility index (Phi) is 7.92. The van der Waals surface area contributed by atoms with E-state index in [-0.39, 0.29) is 22.6 Å². The lowest BCUT2D eigenvalue weighted by Gasteiger charge is -2.44. The van der Waals surface area contributed by atoms with Crippen molar-refractivity contribution in [3.05, 3.63) is 30.5 Å². The van der Waals surface area contributed by atoms with Crippen LogP contribution < -0.4 is 4.90 Å². The van der Waals surface area contributed by atoms with Gasteiger partial charge in [0.25, 0.3) is 5.91 Å². The normalized spacial score (nSPS) is 16.9. The van der Waals surface area contributed by atoms with E-state index in [1.165, 1.54) is 12.5 Å². The molecule has 0 spiro atoms. The fraction of sp³-hybridized carbons (Fsp3) is 0.667. The molecule has 1 aromatic heterocycles. The fourth-order valence-corrected chi connectivity index (χ4v) is 3.98. The first-order chi connectivity index (χ1) is 13.2. The van der Waals surface area contributed by atoms with E-state index < -0.39 is 5.54 Å². The molecule has 1 fully saturated rings. The van der Waals surface area contributed by atoms with E-state index in [9.17, 15) is 9.59 Å². The van der Waals surface area contributed by atoms with Gasteiger partial charge in [-0.15, -0.1) is 0 Å². The van der Waals surface area contributed by atoms with Crippen molar-refractivity contribution in [2.24, 2.45) is 5.41 Å². The highest BCUT2D eigenvalue weighted by atomic mass is 16.4. The zero-order valence-corrected chi connectivity index (χ0v) is 19.9. The predicted molar refractivity (Wildman–Crippen MR) is 120 cm³/mol. The third kappa shape index (κ3) is 5.97. The first-order valence-corrected chi connectivity index (χ1v) is 10.6. The standard InChI is InChI=1S/C21H32N2O3.C3H8/c1-9-16(24)23-13-12-22(18(25)21(23,7)8)17-11-10-15(26-17)20(5,6)14-19(2,3)4;1-3-2/h9-11H,1,12-14H2,2-8H3;3H2,1-2H3. The van der Waals surface area contributed by atoms with Gasteiger partial charge in [0.2, 0.25) is 11.8 Å². The Bertz CT molecular complexity index is 723. The van der Waals surface area contributed by atoms with Crippen LogP contribution in [0.1, 0.15) is 80.9 Å². The molecule has 0 atom stereocenters. The van der Waals surface area contributed by atoms with Crippen molar-refractivity contribution in [1.82, 2.24) is 4.90 Å². The third-order valence-corrected chi connectivity index (χ3v) is 4.93. The van der Waals surface area contributed by atoms with Crippen LogP contribution in [0, 0.1) is 5.41 Å². The summed E-state index contributed by atoms with van der Waals surface area (Å²) >= 11 is 0. The highest BCUT2D eigenvalue weighted by Gasteiger charge is 2.45. The van der Waals surface area contributed by atoms with Crippen LogP contribution in [0.3, 0.4) is 0 Å². The van der Waals surface area contributed by atoms with Crippen molar-refractivity contribution in [2.45, 2.75) is 86.1 Å². The quantitative estimate of drug-likeness (QED) is 0.618. The van der Waals surface area contributed by atoms with Gasteiger partial charge in [-0.05, 0) is 37.8 Å². The molecule has 1 aromatic rings. The van der Waals surface area contributed by atoms with Gasteiger partial charge < -0.3 is 9.32 Å². The molecule has 164 valence electrons. The molecule has 0 unspecified atom stereocenters. The minimum absolute atomic E-state index is 0.129. The second-order valence-electron chi connectivity index (χ2n) is 10.2. The van der Waals surface area contributed by atoms with Gasteiger partial charge in [0.1, 0.15) is 11.3 Å². The van der Waals surface area contributed by atoms with Crippen LogP contribution in [-0.4, -0.2) is 35.3 Å². The zero-order valence-electron chi connectivity index (χ0n) is 19.9. The summed E-state index contributed by atoms with van der Waals surface area (Å²) in [4.78, 5) is 28.3. The number of furan rings is 1. The molecule has 0 bridgehead atoms. The highest BCUT2D eigenvalue weighted by Crippen LogP contribution is 2.39. The zero-order chi connectivity index (χ0) is 22.6. The molecule has 2 rings (SSSR count). The summed E-state index contributed by atoms with van der Waals surface area (Å²) in [5.74, 6) is 1.05. The average Bonchev–Trinajstić information content (AvgIpc) is 3.06. The maximum atomic E-state index is 13.0. The second kappa shape index (κ2) is 9.19. The number of hydrogen-bond acceptors (Lipinski definition) is 3. The van der Waals surface area contributed by atoms with Gasteiger partial charge in [0.05, 0.1) is 0 Å². The van der Waals surface area contributed by atoms with Gasteiger partial charge in [-0.3, -0.25) is 14.5 Å². The van der Waals surface area contributed by atoms with Crippen molar-refractivity contribution < 1.29 is 14.0 Å². The smallest absolute Gasteiger partial charge is 0.254 e. The van der Waals surface area contributed by atoms with Gasteiger partial charge in [0, 0.05) is 24.6 Å². The molecule has 0 aromatic carbocycles. The van der Waals surface area contributed by atoms with Crippen molar-refractivity contribution in [3.8, 4) is 0 Å². The number of carbonyl (C=O) groups excluding carboxylic acids is 2. The fourth-order valence-electron chi connectivity index (χ4n) is 3.98. The SMILES string of the molecule is C=CC(=O)N1CCN(c2ccc(C(C)(C)CC(C)(C)C)o2)C(=O)C1(C)C.CCC. The topological polar surface area (TPSA) is 53.8 Å². The van der Waals surface area contributed by atoms with E-state index in [1.807, 2.05) is 12.1 Å². The molecule has 5 nitrogen and oxygen atoms in total. The Hall–Kier alpha value is -2.04. The van der Waals surface area contributed by atoms with Crippen molar-refractivity contribution in [3.63, 3.8) is 0 Å². The van der Waals surface area contributed by atoms with E-state index in [2.05, 4.69) is 55.0 Å². The van der Waals surface area contributed by atoms with Gasteiger partial charge in [-0.1, -0.05) is 61.5 Å². The Morgan fingerprint density at radius 3 is 2.21 bits per heavy atom. The predicted octanol–water partition coefficient (Wildman–Crippen LogP) is 5.55. The summed E-state index contributed by atoms with van der Waals surface area (Å²) in [5.41, 5.74) is -0.891. The number of rotatable bonds is 4. The summed E-state index contributed by atoms with van der Waals surface area (Å²) in [6.07, 6.45) is 3.47. The maximum absolute atomic E-state index is 13.0. The van der Waals surface area contributed by atoms with Crippen LogP contribution in [0.5, 0.6) is 0 Å². The molecule has 2 heterocycles. The van der Waals surface area contributed by atoms with Crippen molar-refractivity contribution >= 4 is 17.7 Å². The largest absolute Gasteiger partial charge is 0.445 e. The van der Waals surface area contributed by atoms with Crippen LogP contribution in [0.15, 0.2) is 29.2 Å². The Morgan fingerprint density at radius 1 is 1.17 bits per heavy atom. The first kappa shape index (κ1) is 25.0. The van der Waals surface area contributed by atoms with Crippen LogP contribution in [0.4, 0.5) is 5.88 Å². The van der Waals surface area contributed by atoms with Gasteiger partial charge in [-0.25, -0.2) is 0 Å². The van der Waals surface area contributed by atoms with E-state index >= 15 is 0 Å². The molecule has 0 radical (unpaired) electrons. The number of piperazine rings is 1. The van der Waals surface area contributed by atoms with Gasteiger partial charge >= 0.3 is 0 Å². The Morgan fingerprint density at radius 2 is 1.72 bits per heavy atom. The summed E-state index contributed by atoms with van der Waals surface area (Å²) in [6.45, 7) is 23.1. The molecular weight excluding hydrogens is 364 g/mol. The number of hydrogen-bond donors (Lipinski definition) is 0. The number of amides is 2. The molecule has 5 heteroatoms. The highest BCUT2D eigenvalue weighted by molar-refractivity contribution is 6.03. The van der Waals surface area contributed by atoms with E-state index in [0.717, 1.165) is 12.2 Å². The molecule has 1 aliphatic rings. The molecule has 2 amide bonds. The molecule has 29 heavy (non-hydrogen) atoms. The summed E-state index contributed by atoms with van der Waals surface area (Å²) in [6, 6.07) is 3.82. The first-order valence-electron chi connectivity index (χ1n) is 10.6. The third-order valence-electron chi connectivity index (χ3n) is 4.93. The van der Waals surface area contributed by atoms with Gasteiger partial charge in [0.15, 0.2) is 0 Å². The van der Waals surface area contributed by atoms with Crippen molar-refractivity contribution in [2.75, 3.05) is 18.0 Å². The lowest BCUT2D eigenvalue weighted by Crippen LogP contribution is -2.64. The minimum Gasteiger partial charge on any atom is -0.445 e. The number of anilines is 1. The van der Waals surface area contributed by atoms with Crippen molar-refractivity contribution in [1.29, 1.82) is 0 Å². The summed E-state index contributed by atoms with van der Waals surface area (Å²) < 4.78 is 6.10. The molecule has 1 saturated heterocycles. The Labute approximate surface area is 177 Å². The lowest BCUT2D eigenvalue weighted by atomic mass is 9.75. The van der Waals surface area contributed by atoms with E-state index in [4.69, 9.17) is 4.42 Å². The van der Waals surface area contributed by atoms with Crippen LogP contribution in [0.2, 0.25) is 0 Å². The second-order valence-corrected chi connectivity index (χ2v) is 10.2. The summed E-state index contributed by atoms with van der Waals surface area (Å²) in [5, 5.41) is 0. The van der Waals surface area contributed by atoms with E-state index in [0.29, 0.717) is 19.0 Å². The number of nitrogens with zero attached hydrogens (tertiary/aromatic N) is 2. The van der Waals surface area contributed by atoms with Crippen LogP contribution in [0.25, 0.3) is 0 Å². The summed E-state index contributed by atoms with van der Waals surface area (Å²) in [7, 11) is 0. The van der Waals surface area contributed by atoms with Crippen LogP contribution in [-0.2, 0) is 15.0 Å². The number of carbonyl (C=O) groups is 2. The average molecular weight is 405 g/mol. The molecule has 1 aliphatic heterocycles. The van der Waals surface area contributed by atoms with E-state index in [1.54, 1.807) is 23.6 Å². The lowest BCUT2D eigenvalue weighted by molar-refractivity contribution is -0.143. The monoisotopic (exact) mass is 404 g/mol. The Balaban J connectivity index is 0.00000132. The molecule has 0 aliphatic carbocycles.